The van der Waals surface area contributed by atoms with Gasteiger partial charge in [0.25, 0.3) is 0 Å². The average Bonchev–Trinajstić information content (AvgIpc) is 3.81. The van der Waals surface area contributed by atoms with Crippen LogP contribution >= 0.6 is 11.3 Å². The molecule has 12 nitrogen and oxygen atoms in total. The Morgan fingerprint density at radius 2 is 1.63 bits per heavy atom. The van der Waals surface area contributed by atoms with Crippen molar-refractivity contribution in [3.63, 3.8) is 0 Å². The van der Waals surface area contributed by atoms with Crippen molar-refractivity contribution >= 4 is 55.6 Å². The van der Waals surface area contributed by atoms with Crippen molar-refractivity contribution in [1.29, 1.82) is 0 Å². The number of hydrogen-bond acceptors (Lipinski definition) is 11. The van der Waals surface area contributed by atoms with Gasteiger partial charge in [-0.2, -0.15) is 23.1 Å². The molecule has 8 rings (SSSR count). The summed E-state index contributed by atoms with van der Waals surface area (Å²) in [5, 5.41) is 1.95. The molecule has 0 spiro atoms. The number of piperazine rings is 1. The molecule has 1 N–H and O–H groups in total. The van der Waals surface area contributed by atoms with Gasteiger partial charge in [0.2, 0.25) is 0 Å². The summed E-state index contributed by atoms with van der Waals surface area (Å²) in [7, 11) is 0. The van der Waals surface area contributed by atoms with E-state index in [1.54, 1.807) is 51.3 Å². The number of nitrogens with one attached hydrogen (secondary N) is 1. The molecule has 4 fully saturated rings. The number of benzene rings is 2. The summed E-state index contributed by atoms with van der Waals surface area (Å²) in [6.45, 7) is 11.4. The average molecular weight is 864 g/mol. The fraction of sp³-hybridized carbons (Fsp3) is 0.585. The number of carbonyl (C=O) groups is 2. The van der Waals surface area contributed by atoms with E-state index in [-0.39, 0.29) is 77.3 Å². The lowest BCUT2D eigenvalue weighted by atomic mass is 9.91. The number of amides is 2. The quantitative estimate of drug-likeness (QED) is 0.188. The molecule has 4 atom stereocenters. The van der Waals surface area contributed by atoms with Gasteiger partial charge in [0.05, 0.1) is 33.4 Å². The topological polar surface area (TPSA) is 122 Å². The van der Waals surface area contributed by atoms with Crippen molar-refractivity contribution in [2.45, 2.75) is 121 Å². The maximum Gasteiger partial charge on any atom is 0.417 e. The fourth-order valence-electron chi connectivity index (χ4n) is 9.15. The number of alkyl halides is 4. The molecule has 60 heavy (non-hydrogen) atoms. The highest BCUT2D eigenvalue weighted by atomic mass is 32.1. The zero-order valence-corrected chi connectivity index (χ0v) is 35.0. The minimum Gasteiger partial charge on any atom is -0.461 e. The zero-order chi connectivity index (χ0) is 43.1. The minimum atomic E-state index is -5.15. The van der Waals surface area contributed by atoms with Crippen molar-refractivity contribution in [2.75, 3.05) is 43.0 Å². The van der Waals surface area contributed by atoms with Crippen molar-refractivity contribution in [2.24, 2.45) is 0 Å². The molecule has 4 aromatic rings. The first-order chi connectivity index (χ1) is 28.1. The third kappa shape index (κ3) is 8.10. The molecule has 324 valence electrons. The summed E-state index contributed by atoms with van der Waals surface area (Å²) in [5.74, 6) is -2.25. The summed E-state index contributed by atoms with van der Waals surface area (Å²) >= 11 is 0.651. The van der Waals surface area contributed by atoms with Gasteiger partial charge in [0.1, 0.15) is 41.1 Å². The second-order valence-electron chi connectivity index (χ2n) is 18.2. The lowest BCUT2D eigenvalue weighted by molar-refractivity contribution is -0.137. The van der Waals surface area contributed by atoms with Gasteiger partial charge >= 0.3 is 24.4 Å². The normalized spacial score (nSPS) is 23.6. The smallest absolute Gasteiger partial charge is 0.417 e. The Morgan fingerprint density at radius 1 is 0.933 bits per heavy atom. The molecule has 19 heteroatoms. The third-order valence-electron chi connectivity index (χ3n) is 11.4. The molecule has 6 heterocycles. The molecule has 4 aliphatic rings. The summed E-state index contributed by atoms with van der Waals surface area (Å²) in [5.41, 5.74) is -5.84. The first-order valence-corrected chi connectivity index (χ1v) is 20.9. The lowest BCUT2D eigenvalue weighted by Gasteiger charge is -2.50. The van der Waals surface area contributed by atoms with Crippen LogP contribution in [0.15, 0.2) is 18.2 Å². The van der Waals surface area contributed by atoms with Crippen LogP contribution in [0.1, 0.15) is 85.6 Å². The highest BCUT2D eigenvalue weighted by Gasteiger charge is 2.50. The van der Waals surface area contributed by atoms with Crippen molar-refractivity contribution in [3.8, 4) is 17.1 Å². The highest BCUT2D eigenvalue weighted by molar-refractivity contribution is 7.22. The lowest BCUT2D eigenvalue weighted by Crippen LogP contribution is -2.63. The Labute approximate surface area is 346 Å². The van der Waals surface area contributed by atoms with Crippen LogP contribution < -0.4 is 15.0 Å². The van der Waals surface area contributed by atoms with Gasteiger partial charge in [0.15, 0.2) is 10.9 Å². The summed E-state index contributed by atoms with van der Waals surface area (Å²) in [4.78, 5) is 44.7. The van der Waals surface area contributed by atoms with Gasteiger partial charge in [-0.15, -0.1) is 0 Å². The van der Waals surface area contributed by atoms with E-state index in [1.165, 1.54) is 0 Å². The molecule has 0 radical (unpaired) electrons. The van der Waals surface area contributed by atoms with E-state index in [0.717, 1.165) is 31.0 Å². The fourth-order valence-corrected chi connectivity index (χ4v) is 10.0. The van der Waals surface area contributed by atoms with Crippen LogP contribution in [0, 0.1) is 11.6 Å². The molecule has 2 unspecified atom stereocenters. The van der Waals surface area contributed by atoms with Gasteiger partial charge in [-0.1, -0.05) is 11.3 Å². The Morgan fingerprint density at radius 3 is 2.30 bits per heavy atom. The van der Waals surface area contributed by atoms with Crippen molar-refractivity contribution in [3.05, 3.63) is 35.4 Å². The zero-order valence-electron chi connectivity index (χ0n) is 34.1. The molecule has 4 saturated heterocycles. The Bertz CT molecular complexity index is 2340. The minimum absolute atomic E-state index is 0.0241. The van der Waals surface area contributed by atoms with Gasteiger partial charge in [0, 0.05) is 42.6 Å². The van der Waals surface area contributed by atoms with E-state index >= 15 is 22.0 Å². The molecule has 0 aliphatic carbocycles. The Balaban J connectivity index is 1.27. The van der Waals surface area contributed by atoms with E-state index in [2.05, 4.69) is 20.3 Å². The van der Waals surface area contributed by atoms with Crippen LogP contribution in [0.5, 0.6) is 6.01 Å². The van der Waals surface area contributed by atoms with Gasteiger partial charge in [-0.3, -0.25) is 15.1 Å². The number of carbonyl (C=O) groups excluding carboxylic acids is 2. The first-order valence-electron chi connectivity index (χ1n) is 20.1. The van der Waals surface area contributed by atoms with Gasteiger partial charge in [-0.05, 0) is 98.4 Å². The molecular formula is C41H47F6N7O5S. The molecule has 2 aromatic heterocycles. The van der Waals surface area contributed by atoms with Crippen LogP contribution in [0.4, 0.5) is 46.9 Å². The first kappa shape index (κ1) is 42.1. The van der Waals surface area contributed by atoms with E-state index in [0.29, 0.717) is 37.1 Å². The largest absolute Gasteiger partial charge is 0.461 e. The number of hydrogen-bond donors (Lipinski definition) is 1. The summed E-state index contributed by atoms with van der Waals surface area (Å²) in [6.07, 6.45) is -3.96. The Kier molecular flexibility index (Phi) is 10.6. The number of piperidine rings is 1. The number of halogens is 6. The van der Waals surface area contributed by atoms with Crippen LogP contribution in [-0.2, 0) is 15.7 Å². The monoisotopic (exact) mass is 863 g/mol. The standard InChI is InChI=1S/C41H47F6N7O5S/c1-38(2,3)58-36(55)51-35-49-31-24(11-12-27(43)32(31)60-35)28-26(41(45,46)47)15-25-30(29(28)44)48-34(57-20-40-13-8-14-53(40)17-21(42)16-40)50-33(25)52-18-22-9-7-10-23(19-52)54(22)37(56)59-39(4,5)6/h11-12,15,21-23H,7-10,13-14,16-20H2,1-6H3,(H,49,51,55)/t21-,22?,23?,40+/m1/s1. The molecule has 2 aromatic carbocycles. The predicted molar refractivity (Wildman–Crippen MR) is 213 cm³/mol. The van der Waals surface area contributed by atoms with Crippen LogP contribution in [0.3, 0.4) is 0 Å². The van der Waals surface area contributed by atoms with Gasteiger partial charge < -0.3 is 19.1 Å². The molecule has 2 amide bonds. The maximum absolute atomic E-state index is 17.5. The van der Waals surface area contributed by atoms with E-state index in [4.69, 9.17) is 14.2 Å². The number of fused-ring (bicyclic) bond motifs is 5. The van der Waals surface area contributed by atoms with Crippen molar-refractivity contribution in [1.82, 2.24) is 24.8 Å². The molecule has 2 bridgehead atoms. The third-order valence-corrected chi connectivity index (χ3v) is 12.4. The van der Waals surface area contributed by atoms with E-state index in [1.807, 2.05) is 4.90 Å². The van der Waals surface area contributed by atoms with Crippen LogP contribution in [0.25, 0.3) is 32.2 Å². The summed E-state index contributed by atoms with van der Waals surface area (Å²) < 4.78 is 110. The number of thiazole rings is 1. The highest BCUT2D eigenvalue weighted by Crippen LogP contribution is 2.47. The Hall–Kier alpha value is -4.65. The molecule has 0 saturated carbocycles. The number of anilines is 2. The molecular weight excluding hydrogens is 817 g/mol. The number of aromatic nitrogens is 3. The summed E-state index contributed by atoms with van der Waals surface area (Å²) in [6, 6.07) is 1.61. The number of ether oxygens (including phenoxy) is 3. The van der Waals surface area contributed by atoms with Crippen LogP contribution in [0.2, 0.25) is 0 Å². The maximum atomic E-state index is 17.5. The van der Waals surface area contributed by atoms with Crippen molar-refractivity contribution < 1.29 is 50.1 Å². The predicted octanol–water partition coefficient (Wildman–Crippen LogP) is 9.48. The van der Waals surface area contributed by atoms with Gasteiger partial charge in [-0.25, -0.2) is 27.7 Å². The van der Waals surface area contributed by atoms with Crippen LogP contribution in [-0.4, -0.2) is 105 Å². The van der Waals surface area contributed by atoms with E-state index < -0.39 is 75.1 Å². The second-order valence-corrected chi connectivity index (χ2v) is 19.1. The number of nitrogens with zero attached hydrogens (tertiary/aromatic N) is 6. The molecule has 4 aliphatic heterocycles. The second kappa shape index (κ2) is 15.1. The van der Waals surface area contributed by atoms with E-state index in [9.17, 15) is 14.0 Å². The SMILES string of the molecule is CC(C)(C)OC(=O)Nc1nc2c(-c3c(C(F)(F)F)cc4c(N5CC6CCCC(C5)N6C(=O)OC(C)(C)C)nc(OC[C@@]56CCCN5C[C@H](F)C6)nc4c3F)ccc(F)c2s1. The number of rotatable bonds is 6.